The summed E-state index contributed by atoms with van der Waals surface area (Å²) < 4.78 is 28.2. The zero-order valence-electron chi connectivity index (χ0n) is 22.9. The second-order valence-corrected chi connectivity index (χ2v) is 10.4. The Balaban J connectivity index is 1.35. The van der Waals surface area contributed by atoms with E-state index in [-0.39, 0.29) is 23.5 Å². The molecule has 0 aromatic heterocycles. The Hall–Kier alpha value is -3.65. The number of benzene rings is 2. The van der Waals surface area contributed by atoms with E-state index in [9.17, 15) is 9.18 Å². The van der Waals surface area contributed by atoms with E-state index in [4.69, 9.17) is 0 Å². The monoisotopic (exact) mass is 533 g/mol. The molecule has 0 aliphatic carbocycles. The molecule has 2 aromatic carbocycles. The molecule has 0 radical (unpaired) electrons. The average molecular weight is 534 g/mol. The van der Waals surface area contributed by atoms with E-state index >= 15 is 4.39 Å². The molecule has 0 saturated heterocycles. The summed E-state index contributed by atoms with van der Waals surface area (Å²) in [6.45, 7) is 12.0. The number of allylic oxidation sites excluding steroid dienone is 1. The van der Waals surface area contributed by atoms with Crippen LogP contribution in [0.2, 0.25) is 0 Å². The lowest BCUT2D eigenvalue weighted by atomic mass is 10.0. The van der Waals surface area contributed by atoms with Gasteiger partial charge in [0, 0.05) is 43.6 Å². The Bertz CT molecular complexity index is 1330. The predicted molar refractivity (Wildman–Crippen MR) is 153 cm³/mol. The van der Waals surface area contributed by atoms with Crippen molar-refractivity contribution in [2.75, 3.05) is 43.4 Å². The van der Waals surface area contributed by atoms with E-state index in [0.29, 0.717) is 23.4 Å². The second-order valence-electron chi connectivity index (χ2n) is 10.4. The smallest absolute Gasteiger partial charge is 0.256 e. The summed E-state index contributed by atoms with van der Waals surface area (Å²) in [6, 6.07) is 9.30. The normalized spacial score (nSPS) is 19.6. The number of rotatable bonds is 9. The second kappa shape index (κ2) is 11.6. The molecule has 1 unspecified atom stereocenters. The predicted octanol–water partition coefficient (Wildman–Crippen LogP) is 5.48. The molecule has 0 saturated carbocycles. The third-order valence-corrected chi connectivity index (χ3v) is 7.97. The van der Waals surface area contributed by atoms with Gasteiger partial charge in [0.1, 0.15) is 11.6 Å². The Morgan fingerprint density at radius 3 is 2.67 bits per heavy atom. The molecule has 8 heteroatoms. The maximum atomic E-state index is 15.1. The van der Waals surface area contributed by atoms with Gasteiger partial charge in [0.2, 0.25) is 0 Å². The van der Waals surface area contributed by atoms with Crippen molar-refractivity contribution in [3.63, 3.8) is 0 Å². The van der Waals surface area contributed by atoms with Crippen molar-refractivity contribution in [3.8, 4) is 0 Å². The fraction of sp³-hybridized carbons (Fsp3) is 0.387. The van der Waals surface area contributed by atoms with Crippen LogP contribution < -0.4 is 16.0 Å². The highest BCUT2D eigenvalue weighted by atomic mass is 19.1. The quantitative estimate of drug-likeness (QED) is 0.373. The number of likely N-dealkylation sites (N-methyl/N-ethyl adjacent to an activating group) is 1. The summed E-state index contributed by atoms with van der Waals surface area (Å²) >= 11 is 0. The van der Waals surface area contributed by atoms with Crippen LogP contribution in [0.4, 0.5) is 20.2 Å². The van der Waals surface area contributed by atoms with Crippen molar-refractivity contribution >= 4 is 22.9 Å². The lowest BCUT2D eigenvalue weighted by Crippen LogP contribution is -2.33. The van der Waals surface area contributed by atoms with Crippen molar-refractivity contribution in [2.45, 2.75) is 46.2 Å². The molecule has 0 fully saturated rings. The van der Waals surface area contributed by atoms with Crippen LogP contribution in [-0.2, 0) is 11.3 Å². The molecule has 3 aliphatic rings. The molecule has 3 heterocycles. The van der Waals surface area contributed by atoms with E-state index < -0.39 is 5.82 Å². The number of fused-ring (bicyclic) bond motifs is 2. The molecule has 0 bridgehead atoms. The highest BCUT2D eigenvalue weighted by Gasteiger charge is 2.31. The Morgan fingerprint density at radius 1 is 1.15 bits per heavy atom. The Kier molecular flexibility index (Phi) is 8.02. The standard InChI is InChI=1S/C31H37F2N5O/c1-4-37(5-2)13-14-38-12-6-7-27-25(19-38)20(3)28(35-27)16-24-23-15-26(33)30(17-29(23)36-31(24)39)34-18-21-8-10-22(32)11-9-21/h8-11,15-17,19,27,34-35H,4-7,12-14,18H2,1-3H3,(H,36,39). The molecule has 1 amide bonds. The summed E-state index contributed by atoms with van der Waals surface area (Å²) in [5, 5.41) is 9.56. The van der Waals surface area contributed by atoms with Crippen LogP contribution in [0.1, 0.15) is 44.7 Å². The highest BCUT2D eigenvalue weighted by molar-refractivity contribution is 6.32. The SMILES string of the molecule is CCN(CC)CCN1C=C2C(C)=C(C=C3C(=O)Nc4cc(NCc5ccc(F)cc5)c(F)cc43)NC2CCC1. The van der Waals surface area contributed by atoms with Crippen LogP contribution >= 0.6 is 0 Å². The summed E-state index contributed by atoms with van der Waals surface area (Å²) in [5.74, 6) is -1.01. The number of halogens is 2. The molecule has 3 N–H and O–H groups in total. The van der Waals surface area contributed by atoms with Gasteiger partial charge in [-0.15, -0.1) is 0 Å². The van der Waals surface area contributed by atoms with E-state index in [1.54, 1.807) is 18.2 Å². The van der Waals surface area contributed by atoms with Crippen LogP contribution in [0.5, 0.6) is 0 Å². The van der Waals surface area contributed by atoms with Gasteiger partial charge in [0.25, 0.3) is 5.91 Å². The molecule has 6 nitrogen and oxygen atoms in total. The first kappa shape index (κ1) is 26.9. The highest BCUT2D eigenvalue weighted by Crippen LogP contribution is 2.38. The Labute approximate surface area is 229 Å². The third-order valence-electron chi connectivity index (χ3n) is 7.97. The number of hydrogen-bond donors (Lipinski definition) is 3. The first-order chi connectivity index (χ1) is 18.9. The number of carbonyl (C=O) groups excluding carboxylic acids is 1. The van der Waals surface area contributed by atoms with Crippen molar-refractivity contribution in [1.29, 1.82) is 0 Å². The molecule has 39 heavy (non-hydrogen) atoms. The number of nitrogens with zero attached hydrogens (tertiary/aromatic N) is 2. The van der Waals surface area contributed by atoms with Gasteiger partial charge in [0.15, 0.2) is 0 Å². The number of anilines is 2. The molecular weight excluding hydrogens is 496 g/mol. The molecule has 3 aliphatic heterocycles. The minimum atomic E-state index is -0.444. The Morgan fingerprint density at radius 2 is 1.92 bits per heavy atom. The van der Waals surface area contributed by atoms with Crippen molar-refractivity contribution in [3.05, 3.63) is 88.3 Å². The van der Waals surface area contributed by atoms with E-state index in [1.165, 1.54) is 23.8 Å². The summed E-state index contributed by atoms with van der Waals surface area (Å²) in [6.07, 6.45) is 6.26. The largest absolute Gasteiger partial charge is 0.379 e. The fourth-order valence-electron chi connectivity index (χ4n) is 5.53. The minimum absolute atomic E-state index is 0.217. The zero-order valence-corrected chi connectivity index (χ0v) is 22.9. The maximum absolute atomic E-state index is 15.1. The van der Waals surface area contributed by atoms with Crippen molar-refractivity contribution in [2.24, 2.45) is 0 Å². The van der Waals surface area contributed by atoms with Gasteiger partial charge in [-0.05, 0) is 79.9 Å². The van der Waals surface area contributed by atoms with E-state index in [0.717, 1.165) is 62.4 Å². The molecule has 2 aromatic rings. The van der Waals surface area contributed by atoms with Crippen LogP contribution in [0.3, 0.4) is 0 Å². The summed E-state index contributed by atoms with van der Waals surface area (Å²) in [7, 11) is 0. The number of hydrogen-bond acceptors (Lipinski definition) is 5. The fourth-order valence-corrected chi connectivity index (χ4v) is 5.53. The van der Waals surface area contributed by atoms with Crippen LogP contribution in [0.15, 0.2) is 65.5 Å². The first-order valence-electron chi connectivity index (χ1n) is 13.9. The topological polar surface area (TPSA) is 59.6 Å². The van der Waals surface area contributed by atoms with Crippen LogP contribution in [0, 0.1) is 11.6 Å². The van der Waals surface area contributed by atoms with Gasteiger partial charge in [-0.25, -0.2) is 8.78 Å². The molecule has 206 valence electrons. The van der Waals surface area contributed by atoms with Gasteiger partial charge in [-0.2, -0.15) is 0 Å². The number of amides is 1. The van der Waals surface area contributed by atoms with Gasteiger partial charge >= 0.3 is 0 Å². The van der Waals surface area contributed by atoms with Gasteiger partial charge in [-0.3, -0.25) is 4.79 Å². The lowest BCUT2D eigenvalue weighted by Gasteiger charge is -2.25. The molecule has 1 atom stereocenters. The van der Waals surface area contributed by atoms with Crippen LogP contribution in [0.25, 0.3) is 5.57 Å². The van der Waals surface area contributed by atoms with E-state index in [1.807, 2.05) is 6.08 Å². The first-order valence-corrected chi connectivity index (χ1v) is 13.9. The van der Waals surface area contributed by atoms with Crippen LogP contribution in [-0.4, -0.2) is 54.5 Å². The minimum Gasteiger partial charge on any atom is -0.379 e. The number of nitrogens with one attached hydrogen (secondary N) is 3. The summed E-state index contributed by atoms with van der Waals surface area (Å²) in [4.78, 5) is 17.8. The van der Waals surface area contributed by atoms with Gasteiger partial charge in [0.05, 0.1) is 23.0 Å². The summed E-state index contributed by atoms with van der Waals surface area (Å²) in [5.41, 5.74) is 5.99. The van der Waals surface area contributed by atoms with Gasteiger partial charge in [-0.1, -0.05) is 26.0 Å². The molecule has 5 rings (SSSR count). The van der Waals surface area contributed by atoms with E-state index in [2.05, 4.69) is 52.7 Å². The molecular formula is C31H37F2N5O. The van der Waals surface area contributed by atoms with Crippen molar-refractivity contribution < 1.29 is 13.6 Å². The average Bonchev–Trinajstić information content (AvgIpc) is 3.28. The molecule has 0 spiro atoms. The maximum Gasteiger partial charge on any atom is 0.256 e. The number of carbonyl (C=O) groups is 1. The lowest BCUT2D eigenvalue weighted by molar-refractivity contribution is -0.110. The van der Waals surface area contributed by atoms with Crippen molar-refractivity contribution in [1.82, 2.24) is 15.1 Å². The third kappa shape index (κ3) is 5.86. The van der Waals surface area contributed by atoms with Gasteiger partial charge < -0.3 is 25.8 Å². The zero-order chi connectivity index (χ0) is 27.5.